The minimum Gasteiger partial charge on any atom is -0.493 e. The molecule has 1 aromatic rings. The van der Waals surface area contributed by atoms with Crippen LogP contribution in [0.3, 0.4) is 0 Å². The highest BCUT2D eigenvalue weighted by Gasteiger charge is 2.24. The highest BCUT2D eigenvalue weighted by molar-refractivity contribution is 5.64. The standard InChI is InChI=1S/C9H13N3O4/c13-7-5-12(8(14)10-7)6-1-3-11(4-2-6)9(15)16/h5-6,13H,1-4H2,(H,10,14)(H,15,16). The molecule has 2 rings (SSSR count). The number of H-pyrrole nitrogens is 1. The molecule has 0 atom stereocenters. The second-order valence-corrected chi connectivity index (χ2v) is 3.85. The van der Waals surface area contributed by atoms with E-state index >= 15 is 0 Å². The number of piperidine rings is 1. The van der Waals surface area contributed by atoms with E-state index in [1.54, 1.807) is 0 Å². The third kappa shape index (κ3) is 1.88. The fourth-order valence-electron chi connectivity index (χ4n) is 2.00. The number of hydrogen-bond acceptors (Lipinski definition) is 3. The van der Waals surface area contributed by atoms with E-state index in [0.717, 1.165) is 0 Å². The molecule has 1 aliphatic heterocycles. The molecule has 1 saturated heterocycles. The van der Waals surface area contributed by atoms with Gasteiger partial charge in [-0.25, -0.2) is 9.59 Å². The van der Waals surface area contributed by atoms with E-state index in [0.29, 0.717) is 25.9 Å². The Morgan fingerprint density at radius 3 is 2.50 bits per heavy atom. The number of aromatic amines is 1. The van der Waals surface area contributed by atoms with Gasteiger partial charge in [-0.15, -0.1) is 0 Å². The topological polar surface area (TPSA) is 98.6 Å². The first-order valence-electron chi connectivity index (χ1n) is 5.06. The Balaban J connectivity index is 2.07. The third-order valence-electron chi connectivity index (χ3n) is 2.86. The average Bonchev–Trinajstić information content (AvgIpc) is 2.58. The molecule has 0 aromatic carbocycles. The van der Waals surface area contributed by atoms with Crippen LogP contribution < -0.4 is 5.69 Å². The fourth-order valence-corrected chi connectivity index (χ4v) is 2.00. The maximum atomic E-state index is 11.4. The Morgan fingerprint density at radius 1 is 1.44 bits per heavy atom. The van der Waals surface area contributed by atoms with Crippen LogP contribution in [-0.2, 0) is 0 Å². The summed E-state index contributed by atoms with van der Waals surface area (Å²) in [6, 6.07) is -0.0414. The fraction of sp³-hybridized carbons (Fsp3) is 0.556. The summed E-state index contributed by atoms with van der Waals surface area (Å²) >= 11 is 0. The van der Waals surface area contributed by atoms with Crippen LogP contribution in [-0.4, -0.2) is 43.8 Å². The van der Waals surface area contributed by atoms with Gasteiger partial charge in [-0.3, -0.25) is 9.55 Å². The lowest BCUT2D eigenvalue weighted by Gasteiger charge is -2.30. The van der Waals surface area contributed by atoms with Crippen LogP contribution in [0.25, 0.3) is 0 Å². The number of imidazole rings is 1. The molecule has 0 spiro atoms. The molecule has 0 saturated carbocycles. The van der Waals surface area contributed by atoms with Crippen molar-refractivity contribution in [3.63, 3.8) is 0 Å². The van der Waals surface area contributed by atoms with Crippen LogP contribution in [0.1, 0.15) is 18.9 Å². The molecule has 1 fully saturated rings. The van der Waals surface area contributed by atoms with Gasteiger partial charge < -0.3 is 15.1 Å². The van der Waals surface area contributed by atoms with E-state index in [-0.39, 0.29) is 17.6 Å². The number of carboxylic acid groups (broad SMARTS) is 1. The van der Waals surface area contributed by atoms with E-state index in [2.05, 4.69) is 4.98 Å². The van der Waals surface area contributed by atoms with E-state index in [1.807, 2.05) is 0 Å². The lowest BCUT2D eigenvalue weighted by Crippen LogP contribution is -2.39. The predicted molar refractivity (Wildman–Crippen MR) is 54.6 cm³/mol. The molecule has 7 heteroatoms. The minimum absolute atomic E-state index is 0.0414. The van der Waals surface area contributed by atoms with E-state index in [9.17, 15) is 9.59 Å². The van der Waals surface area contributed by atoms with Gasteiger partial charge in [0.15, 0.2) is 0 Å². The number of hydrogen-bond donors (Lipinski definition) is 3. The summed E-state index contributed by atoms with van der Waals surface area (Å²) < 4.78 is 1.43. The van der Waals surface area contributed by atoms with Crippen LogP contribution in [0.5, 0.6) is 5.88 Å². The SMILES string of the molecule is O=C(O)N1CCC(n2cc(O)[nH]c2=O)CC1. The highest BCUT2D eigenvalue weighted by atomic mass is 16.4. The number of carbonyl (C=O) groups is 1. The van der Waals surface area contributed by atoms with Crippen molar-refractivity contribution in [2.24, 2.45) is 0 Å². The molecule has 1 aliphatic rings. The first-order valence-corrected chi connectivity index (χ1v) is 5.06. The molecule has 2 heterocycles. The van der Waals surface area contributed by atoms with Crippen LogP contribution in [0, 0.1) is 0 Å². The zero-order chi connectivity index (χ0) is 11.7. The summed E-state index contributed by atoms with van der Waals surface area (Å²) in [5, 5.41) is 17.9. The van der Waals surface area contributed by atoms with Crippen molar-refractivity contribution in [3.05, 3.63) is 16.7 Å². The number of nitrogens with zero attached hydrogens (tertiary/aromatic N) is 2. The monoisotopic (exact) mass is 227 g/mol. The lowest BCUT2D eigenvalue weighted by atomic mass is 10.1. The molecular formula is C9H13N3O4. The second kappa shape index (κ2) is 3.92. The van der Waals surface area contributed by atoms with E-state index in [4.69, 9.17) is 10.2 Å². The molecule has 7 nitrogen and oxygen atoms in total. The Bertz CT molecular complexity index is 442. The predicted octanol–water partition coefficient (Wildman–Crippen LogP) is 0.197. The van der Waals surface area contributed by atoms with Crippen molar-refractivity contribution >= 4 is 6.09 Å². The zero-order valence-corrected chi connectivity index (χ0v) is 8.59. The molecule has 1 aromatic heterocycles. The number of amides is 1. The van der Waals surface area contributed by atoms with Crippen LogP contribution in [0.2, 0.25) is 0 Å². The first kappa shape index (κ1) is 10.6. The Morgan fingerprint density at radius 2 is 2.06 bits per heavy atom. The van der Waals surface area contributed by atoms with Gasteiger partial charge >= 0.3 is 11.8 Å². The van der Waals surface area contributed by atoms with Gasteiger partial charge in [-0.2, -0.15) is 0 Å². The van der Waals surface area contributed by atoms with Crippen LogP contribution >= 0.6 is 0 Å². The molecular weight excluding hydrogens is 214 g/mol. The number of nitrogens with one attached hydrogen (secondary N) is 1. The normalized spacial score (nSPS) is 17.6. The smallest absolute Gasteiger partial charge is 0.407 e. The largest absolute Gasteiger partial charge is 0.493 e. The van der Waals surface area contributed by atoms with Gasteiger partial charge in [0.1, 0.15) is 0 Å². The van der Waals surface area contributed by atoms with Crippen molar-refractivity contribution in [2.75, 3.05) is 13.1 Å². The molecule has 0 bridgehead atoms. The first-order chi connectivity index (χ1) is 7.58. The maximum Gasteiger partial charge on any atom is 0.407 e. The molecule has 0 radical (unpaired) electrons. The summed E-state index contributed by atoms with van der Waals surface area (Å²) in [6.45, 7) is 0.830. The molecule has 0 aliphatic carbocycles. The molecule has 88 valence electrons. The number of likely N-dealkylation sites (tertiary alicyclic amines) is 1. The summed E-state index contributed by atoms with van der Waals surface area (Å²) in [6.07, 6.45) is 1.60. The maximum absolute atomic E-state index is 11.4. The Hall–Kier alpha value is -1.92. The summed E-state index contributed by atoms with van der Waals surface area (Å²) in [4.78, 5) is 25.7. The van der Waals surface area contributed by atoms with Crippen LogP contribution in [0.4, 0.5) is 4.79 Å². The van der Waals surface area contributed by atoms with Gasteiger partial charge in [-0.05, 0) is 12.8 Å². The van der Waals surface area contributed by atoms with Crippen LogP contribution in [0.15, 0.2) is 11.0 Å². The third-order valence-corrected chi connectivity index (χ3v) is 2.86. The van der Waals surface area contributed by atoms with Gasteiger partial charge in [-0.1, -0.05) is 0 Å². The van der Waals surface area contributed by atoms with Crippen molar-refractivity contribution in [1.82, 2.24) is 14.5 Å². The van der Waals surface area contributed by atoms with Crippen molar-refractivity contribution in [1.29, 1.82) is 0 Å². The van der Waals surface area contributed by atoms with Crippen molar-refractivity contribution in [2.45, 2.75) is 18.9 Å². The average molecular weight is 227 g/mol. The zero-order valence-electron chi connectivity index (χ0n) is 8.59. The van der Waals surface area contributed by atoms with Gasteiger partial charge in [0.25, 0.3) is 0 Å². The van der Waals surface area contributed by atoms with Gasteiger partial charge in [0.05, 0.1) is 6.20 Å². The summed E-state index contributed by atoms with van der Waals surface area (Å²) in [5.41, 5.74) is -0.355. The summed E-state index contributed by atoms with van der Waals surface area (Å²) in [5.74, 6) is -0.161. The van der Waals surface area contributed by atoms with E-state index in [1.165, 1.54) is 15.7 Å². The van der Waals surface area contributed by atoms with E-state index < -0.39 is 6.09 Å². The quantitative estimate of drug-likeness (QED) is 0.638. The lowest BCUT2D eigenvalue weighted by molar-refractivity contribution is 0.125. The summed E-state index contributed by atoms with van der Waals surface area (Å²) in [7, 11) is 0. The second-order valence-electron chi connectivity index (χ2n) is 3.85. The van der Waals surface area contributed by atoms with Gasteiger partial charge in [0, 0.05) is 19.1 Å². The molecule has 1 amide bonds. The number of aromatic nitrogens is 2. The Labute approximate surface area is 90.9 Å². The minimum atomic E-state index is -0.928. The highest BCUT2D eigenvalue weighted by Crippen LogP contribution is 2.21. The Kier molecular flexibility index (Phi) is 2.59. The molecule has 3 N–H and O–H groups in total. The number of rotatable bonds is 1. The van der Waals surface area contributed by atoms with Crippen molar-refractivity contribution < 1.29 is 15.0 Å². The van der Waals surface area contributed by atoms with Crippen molar-refractivity contribution in [3.8, 4) is 5.88 Å². The number of aromatic hydroxyl groups is 1. The molecule has 0 unspecified atom stereocenters. The molecule has 16 heavy (non-hydrogen) atoms. The van der Waals surface area contributed by atoms with Gasteiger partial charge in [0.2, 0.25) is 5.88 Å².